The molecule has 4 nitrogen and oxygen atoms in total. The summed E-state index contributed by atoms with van der Waals surface area (Å²) in [5.74, 6) is -3.60. The molecule has 1 aliphatic carbocycles. The number of fused-ring (bicyclic) bond motifs is 1. The fraction of sp³-hybridized carbons (Fsp3) is 0.143. The first-order valence-corrected chi connectivity index (χ1v) is 10.7. The number of benzene rings is 4. The van der Waals surface area contributed by atoms with Crippen LogP contribution in [0.15, 0.2) is 103 Å². The zero-order valence-electron chi connectivity index (χ0n) is 17.3. The lowest BCUT2D eigenvalue weighted by atomic mass is 9.52. The van der Waals surface area contributed by atoms with E-state index in [1.54, 1.807) is 6.07 Å². The topological polar surface area (TPSA) is 66.4 Å². The summed E-state index contributed by atoms with van der Waals surface area (Å²) in [7, 11) is 0. The van der Waals surface area contributed by atoms with E-state index in [9.17, 15) is 14.7 Å². The Kier molecular flexibility index (Phi) is 5.20. The first-order valence-electron chi connectivity index (χ1n) is 10.7. The number of carbonyl (C=O) groups excluding carboxylic acids is 2. The van der Waals surface area contributed by atoms with Crippen LogP contribution in [0, 0.1) is 11.8 Å². The molecule has 0 amide bonds. The van der Waals surface area contributed by atoms with Gasteiger partial charge in [-0.3, -0.25) is 4.79 Å². The number of hydrogen-bond donors (Lipinski definition) is 0. The van der Waals surface area contributed by atoms with Crippen molar-refractivity contribution in [2.24, 2.45) is 11.8 Å². The monoisotopic (exact) mass is 421 g/mol. The highest BCUT2D eigenvalue weighted by Gasteiger charge is 2.56. The normalized spacial score (nSPS) is 22.1. The van der Waals surface area contributed by atoms with E-state index >= 15 is 0 Å². The summed E-state index contributed by atoms with van der Waals surface area (Å²) in [5, 5.41) is 14.0. The summed E-state index contributed by atoms with van der Waals surface area (Å²) in [6.45, 7) is 0. The van der Waals surface area contributed by atoms with Crippen molar-refractivity contribution in [2.75, 3.05) is 0 Å². The van der Waals surface area contributed by atoms with Gasteiger partial charge in [-0.2, -0.15) is 0 Å². The maximum absolute atomic E-state index is 13.5. The van der Waals surface area contributed by atoms with E-state index in [2.05, 4.69) is 0 Å². The largest absolute Gasteiger partial charge is 0.550 e. The Morgan fingerprint density at radius 2 is 1.16 bits per heavy atom. The van der Waals surface area contributed by atoms with Gasteiger partial charge in [0.1, 0.15) is 5.75 Å². The molecule has 1 saturated carbocycles. The molecule has 2 atom stereocenters. The van der Waals surface area contributed by atoms with Crippen LogP contribution in [0.3, 0.4) is 0 Å². The van der Waals surface area contributed by atoms with Crippen molar-refractivity contribution in [1.82, 2.24) is 0 Å². The highest BCUT2D eigenvalue weighted by molar-refractivity contribution is 5.92. The van der Waals surface area contributed by atoms with Crippen molar-refractivity contribution in [3.63, 3.8) is 0 Å². The summed E-state index contributed by atoms with van der Waals surface area (Å²) >= 11 is 0. The Labute approximate surface area is 186 Å². The molecule has 5 rings (SSSR count). The quantitative estimate of drug-likeness (QED) is 0.356. The number of carboxylic acid groups (broad SMARTS) is 1. The van der Waals surface area contributed by atoms with Crippen LogP contribution in [0.25, 0.3) is 10.8 Å². The van der Waals surface area contributed by atoms with Crippen LogP contribution < -0.4 is 9.84 Å². The van der Waals surface area contributed by atoms with Crippen LogP contribution in [0.5, 0.6) is 5.75 Å². The predicted molar refractivity (Wildman–Crippen MR) is 120 cm³/mol. The van der Waals surface area contributed by atoms with Gasteiger partial charge in [0.15, 0.2) is 0 Å². The Morgan fingerprint density at radius 1 is 0.625 bits per heavy atom. The molecule has 158 valence electrons. The van der Waals surface area contributed by atoms with Crippen molar-refractivity contribution in [1.29, 1.82) is 0 Å². The molecule has 0 radical (unpaired) electrons. The van der Waals surface area contributed by atoms with Gasteiger partial charge < -0.3 is 14.6 Å². The first kappa shape index (κ1) is 20.0. The van der Waals surface area contributed by atoms with Crippen LogP contribution in [0.2, 0.25) is 0 Å². The minimum atomic E-state index is -1.15. The minimum absolute atomic E-state index is 0.429. The lowest BCUT2D eigenvalue weighted by molar-refractivity contribution is -0.317. The van der Waals surface area contributed by atoms with Crippen LogP contribution in [0.4, 0.5) is 0 Å². The Morgan fingerprint density at radius 3 is 1.75 bits per heavy atom. The number of aliphatic carboxylic acids is 1. The van der Waals surface area contributed by atoms with Gasteiger partial charge in [0.25, 0.3) is 0 Å². The van der Waals surface area contributed by atoms with Gasteiger partial charge >= 0.3 is 5.97 Å². The zero-order chi connectivity index (χ0) is 22.1. The van der Waals surface area contributed by atoms with Gasteiger partial charge in [0.05, 0.1) is 5.92 Å². The molecule has 1 aliphatic rings. The zero-order valence-corrected chi connectivity index (χ0v) is 17.3. The van der Waals surface area contributed by atoms with Crippen LogP contribution in [0.1, 0.15) is 23.0 Å². The van der Waals surface area contributed by atoms with E-state index < -0.39 is 35.6 Å². The molecule has 0 heterocycles. The van der Waals surface area contributed by atoms with Gasteiger partial charge in [0, 0.05) is 29.1 Å². The molecule has 4 aromatic rings. The van der Waals surface area contributed by atoms with Crippen LogP contribution in [-0.4, -0.2) is 11.9 Å². The smallest absolute Gasteiger partial charge is 0.315 e. The predicted octanol–water partition coefficient (Wildman–Crippen LogP) is 4.31. The summed E-state index contributed by atoms with van der Waals surface area (Å²) in [4.78, 5) is 25.7. The van der Waals surface area contributed by atoms with E-state index in [4.69, 9.17) is 4.74 Å². The molecule has 4 aromatic carbocycles. The van der Waals surface area contributed by atoms with Crippen LogP contribution >= 0.6 is 0 Å². The maximum Gasteiger partial charge on any atom is 0.315 e. The summed E-state index contributed by atoms with van der Waals surface area (Å²) < 4.78 is 5.91. The van der Waals surface area contributed by atoms with Gasteiger partial charge in [-0.25, -0.2) is 0 Å². The standard InChI is InChI=1S/C28H22O4/c29-27(30)25-23(19-11-3-1-4-12-19)26(24(25)20-13-5-2-6-14-20)28(31)32-22-17-9-15-18-10-7-8-16-21(18)22/h1-17,23-26H,(H,29,30)/p-1/t23-,24-,25?,26?/m0/s1. The lowest BCUT2D eigenvalue weighted by Gasteiger charge is -2.51. The number of hydrogen-bond acceptors (Lipinski definition) is 4. The molecular weight excluding hydrogens is 400 g/mol. The molecule has 0 unspecified atom stereocenters. The third-order valence-corrected chi connectivity index (χ3v) is 6.42. The summed E-state index contributed by atoms with van der Waals surface area (Å²) in [6.07, 6.45) is 0. The van der Waals surface area contributed by atoms with Gasteiger partial charge in [-0.1, -0.05) is 97.1 Å². The lowest BCUT2D eigenvalue weighted by Crippen LogP contribution is -2.55. The van der Waals surface area contributed by atoms with Crippen LogP contribution in [-0.2, 0) is 9.59 Å². The molecule has 0 aromatic heterocycles. The number of esters is 1. The van der Waals surface area contributed by atoms with E-state index in [1.165, 1.54) is 0 Å². The second-order valence-corrected chi connectivity index (χ2v) is 8.14. The molecule has 32 heavy (non-hydrogen) atoms. The number of rotatable bonds is 5. The summed E-state index contributed by atoms with van der Waals surface area (Å²) in [6, 6.07) is 31.9. The average Bonchev–Trinajstić information content (AvgIpc) is 2.80. The molecule has 0 aliphatic heterocycles. The third-order valence-electron chi connectivity index (χ3n) is 6.42. The highest BCUT2D eigenvalue weighted by Crippen LogP contribution is 2.57. The molecule has 0 spiro atoms. The van der Waals surface area contributed by atoms with Crippen molar-refractivity contribution in [3.8, 4) is 5.75 Å². The van der Waals surface area contributed by atoms with Crippen molar-refractivity contribution < 1.29 is 19.4 Å². The Balaban J connectivity index is 1.55. The third kappa shape index (κ3) is 3.44. The van der Waals surface area contributed by atoms with Crippen molar-refractivity contribution >= 4 is 22.7 Å². The Hall–Kier alpha value is -3.92. The molecule has 0 N–H and O–H groups in total. The molecule has 0 bridgehead atoms. The SMILES string of the molecule is O=C([O-])C1[C@H](c2ccccc2)C(C(=O)Oc2cccc3ccccc23)[C@H]1c1ccccc1. The Bertz CT molecular complexity index is 1210. The fourth-order valence-electron chi connectivity index (χ4n) is 4.98. The van der Waals surface area contributed by atoms with E-state index in [0.29, 0.717) is 5.75 Å². The number of ether oxygens (including phenoxy) is 1. The highest BCUT2D eigenvalue weighted by atomic mass is 16.5. The molecule has 0 saturated heterocycles. The van der Waals surface area contributed by atoms with E-state index in [0.717, 1.165) is 21.9 Å². The van der Waals surface area contributed by atoms with E-state index in [-0.39, 0.29) is 0 Å². The second kappa shape index (κ2) is 8.31. The molecule has 1 fully saturated rings. The average molecular weight is 421 g/mol. The number of carbonyl (C=O) groups is 2. The second-order valence-electron chi connectivity index (χ2n) is 8.14. The fourth-order valence-corrected chi connectivity index (χ4v) is 4.98. The molecule has 4 heteroatoms. The van der Waals surface area contributed by atoms with Gasteiger partial charge in [-0.05, 0) is 22.6 Å². The summed E-state index contributed by atoms with van der Waals surface area (Å²) in [5.41, 5.74) is 1.60. The van der Waals surface area contributed by atoms with Gasteiger partial charge in [-0.15, -0.1) is 0 Å². The number of carboxylic acids is 1. The van der Waals surface area contributed by atoms with Gasteiger partial charge in [0.2, 0.25) is 0 Å². The van der Waals surface area contributed by atoms with Crippen molar-refractivity contribution in [2.45, 2.75) is 11.8 Å². The maximum atomic E-state index is 13.5. The van der Waals surface area contributed by atoms with E-state index in [1.807, 2.05) is 97.1 Å². The first-order chi connectivity index (χ1) is 15.6. The molecular formula is C28H21O4-. The minimum Gasteiger partial charge on any atom is -0.550 e. The van der Waals surface area contributed by atoms with Crippen molar-refractivity contribution in [3.05, 3.63) is 114 Å².